The van der Waals surface area contributed by atoms with Gasteiger partial charge in [0, 0.05) is 18.9 Å². The van der Waals surface area contributed by atoms with Crippen LogP contribution in [0.4, 0.5) is 5.69 Å². The molecule has 3 aromatic rings. The first-order valence-corrected chi connectivity index (χ1v) is 10.4. The molecule has 8 heteroatoms. The summed E-state index contributed by atoms with van der Waals surface area (Å²) in [5.41, 5.74) is 8.21. The molecule has 0 aliphatic carbocycles. The number of aromatic nitrogens is 2. The third kappa shape index (κ3) is 4.64. The lowest BCUT2D eigenvalue weighted by Crippen LogP contribution is -2.40. The van der Waals surface area contributed by atoms with Crippen LogP contribution in [0.3, 0.4) is 0 Å². The smallest absolute Gasteiger partial charge is 0.339 e. The number of rotatable bonds is 8. The molecule has 168 valence electrons. The standard InChI is InChI=1S/C24H28N4O4/c1-5-16-6-7-17-19(20(25)18(22(29)30)14(2)28-17)21(16)32-13-24(3,4)23(31)27-12-15-8-10-26-11-9-15/h6-11H,5,12-13H2,1-4H3,(H2,25,28)(H,27,31)(H,29,30). The van der Waals surface area contributed by atoms with Crippen LogP contribution in [0.15, 0.2) is 36.7 Å². The van der Waals surface area contributed by atoms with Gasteiger partial charge in [0.25, 0.3) is 0 Å². The Morgan fingerprint density at radius 3 is 2.50 bits per heavy atom. The van der Waals surface area contributed by atoms with Gasteiger partial charge < -0.3 is 20.9 Å². The summed E-state index contributed by atoms with van der Waals surface area (Å²) in [4.78, 5) is 32.9. The molecule has 0 saturated heterocycles. The van der Waals surface area contributed by atoms with Crippen molar-refractivity contribution < 1.29 is 19.4 Å². The molecule has 1 amide bonds. The molecule has 1 aromatic carbocycles. The second-order valence-electron chi connectivity index (χ2n) is 8.30. The largest absolute Gasteiger partial charge is 0.491 e. The number of ether oxygens (including phenoxy) is 1. The minimum atomic E-state index is -1.14. The molecule has 8 nitrogen and oxygen atoms in total. The second-order valence-corrected chi connectivity index (χ2v) is 8.30. The van der Waals surface area contributed by atoms with Crippen LogP contribution < -0.4 is 15.8 Å². The number of amides is 1. The van der Waals surface area contributed by atoms with Gasteiger partial charge in [-0.05, 0) is 56.5 Å². The number of carbonyl (C=O) groups excluding carboxylic acids is 1. The van der Waals surface area contributed by atoms with Crippen molar-refractivity contribution in [3.8, 4) is 5.75 Å². The number of aryl methyl sites for hydroxylation is 2. The lowest BCUT2D eigenvalue weighted by Gasteiger charge is -2.25. The summed E-state index contributed by atoms with van der Waals surface area (Å²) in [7, 11) is 0. The summed E-state index contributed by atoms with van der Waals surface area (Å²) in [5.74, 6) is -0.841. The maximum Gasteiger partial charge on any atom is 0.339 e. The molecule has 0 bridgehead atoms. The molecule has 0 aliphatic rings. The lowest BCUT2D eigenvalue weighted by molar-refractivity contribution is -0.131. The zero-order chi connectivity index (χ0) is 23.5. The van der Waals surface area contributed by atoms with Gasteiger partial charge in [-0.15, -0.1) is 0 Å². The van der Waals surface area contributed by atoms with E-state index in [1.165, 1.54) is 0 Å². The molecule has 0 fully saturated rings. The molecule has 0 unspecified atom stereocenters. The number of hydrogen-bond donors (Lipinski definition) is 3. The van der Waals surface area contributed by atoms with Crippen LogP contribution in [-0.2, 0) is 17.8 Å². The molecular weight excluding hydrogens is 408 g/mol. The van der Waals surface area contributed by atoms with Gasteiger partial charge in [0.2, 0.25) is 5.91 Å². The number of fused-ring (bicyclic) bond motifs is 1. The second kappa shape index (κ2) is 9.21. The Labute approximate surface area is 186 Å². The fourth-order valence-electron chi connectivity index (χ4n) is 3.48. The van der Waals surface area contributed by atoms with E-state index in [4.69, 9.17) is 10.5 Å². The zero-order valence-corrected chi connectivity index (χ0v) is 18.7. The number of carbonyl (C=O) groups is 2. The number of aromatic carboxylic acids is 1. The summed E-state index contributed by atoms with van der Waals surface area (Å²) >= 11 is 0. The van der Waals surface area contributed by atoms with Gasteiger partial charge in [0.15, 0.2) is 0 Å². The quantitative estimate of drug-likeness (QED) is 0.493. The summed E-state index contributed by atoms with van der Waals surface area (Å²) in [6.07, 6.45) is 4.00. The lowest BCUT2D eigenvalue weighted by atomic mass is 9.93. The molecule has 2 heterocycles. The Bertz CT molecular complexity index is 1160. The maximum absolute atomic E-state index is 12.8. The first-order chi connectivity index (χ1) is 15.2. The van der Waals surface area contributed by atoms with E-state index in [-0.39, 0.29) is 23.8 Å². The number of hydrogen-bond acceptors (Lipinski definition) is 6. The summed E-state index contributed by atoms with van der Waals surface area (Å²) in [6, 6.07) is 7.37. The number of benzene rings is 1. The Morgan fingerprint density at radius 2 is 1.88 bits per heavy atom. The van der Waals surface area contributed by atoms with Gasteiger partial charge in [-0.1, -0.05) is 13.0 Å². The van der Waals surface area contributed by atoms with Crippen molar-refractivity contribution >= 4 is 28.5 Å². The van der Waals surface area contributed by atoms with Gasteiger partial charge >= 0.3 is 5.97 Å². The van der Waals surface area contributed by atoms with E-state index in [1.54, 1.807) is 33.2 Å². The average Bonchev–Trinajstić information content (AvgIpc) is 2.76. The van der Waals surface area contributed by atoms with E-state index in [2.05, 4.69) is 15.3 Å². The van der Waals surface area contributed by atoms with Gasteiger partial charge in [0.05, 0.1) is 27.7 Å². The zero-order valence-electron chi connectivity index (χ0n) is 18.7. The third-order valence-electron chi connectivity index (χ3n) is 5.40. The van der Waals surface area contributed by atoms with E-state index in [0.717, 1.165) is 11.1 Å². The molecule has 0 saturated carbocycles. The summed E-state index contributed by atoms with van der Waals surface area (Å²) in [5, 5.41) is 13.0. The molecule has 0 atom stereocenters. The highest BCUT2D eigenvalue weighted by molar-refractivity contribution is 6.07. The van der Waals surface area contributed by atoms with Crippen LogP contribution in [-0.4, -0.2) is 33.6 Å². The van der Waals surface area contributed by atoms with Crippen molar-refractivity contribution in [2.45, 2.75) is 40.7 Å². The third-order valence-corrected chi connectivity index (χ3v) is 5.40. The van der Waals surface area contributed by atoms with E-state index in [0.29, 0.717) is 35.3 Å². The molecule has 2 aromatic heterocycles. The molecule has 3 rings (SSSR count). The van der Waals surface area contributed by atoms with E-state index in [9.17, 15) is 14.7 Å². The average molecular weight is 437 g/mol. The van der Waals surface area contributed by atoms with Crippen molar-refractivity contribution in [2.24, 2.45) is 5.41 Å². The van der Waals surface area contributed by atoms with Crippen molar-refractivity contribution in [3.63, 3.8) is 0 Å². The molecule has 0 radical (unpaired) electrons. The van der Waals surface area contributed by atoms with Crippen molar-refractivity contribution in [3.05, 3.63) is 59.0 Å². The fourth-order valence-corrected chi connectivity index (χ4v) is 3.48. The molecular formula is C24H28N4O4. The first-order valence-electron chi connectivity index (χ1n) is 10.4. The van der Waals surface area contributed by atoms with Crippen LogP contribution in [0.5, 0.6) is 5.75 Å². The van der Waals surface area contributed by atoms with Crippen LogP contribution in [0.1, 0.15) is 48.0 Å². The predicted molar refractivity (Wildman–Crippen MR) is 123 cm³/mol. The first kappa shape index (κ1) is 23.0. The number of nitrogens with one attached hydrogen (secondary N) is 1. The molecule has 0 spiro atoms. The molecule has 32 heavy (non-hydrogen) atoms. The van der Waals surface area contributed by atoms with E-state index >= 15 is 0 Å². The SMILES string of the molecule is CCc1ccc2nc(C)c(C(=O)O)c(N)c2c1OCC(C)(C)C(=O)NCc1ccncc1. The topological polar surface area (TPSA) is 127 Å². The van der Waals surface area contributed by atoms with Crippen molar-refractivity contribution in [2.75, 3.05) is 12.3 Å². The Morgan fingerprint density at radius 1 is 1.19 bits per heavy atom. The number of carboxylic acids is 1. The van der Waals surface area contributed by atoms with Gasteiger partial charge in [-0.3, -0.25) is 14.8 Å². The highest BCUT2D eigenvalue weighted by atomic mass is 16.5. The Balaban J connectivity index is 1.89. The van der Waals surface area contributed by atoms with Gasteiger partial charge in [0.1, 0.15) is 17.9 Å². The van der Waals surface area contributed by atoms with Crippen LogP contribution in [0.2, 0.25) is 0 Å². The van der Waals surface area contributed by atoms with Gasteiger partial charge in [-0.25, -0.2) is 4.79 Å². The van der Waals surface area contributed by atoms with Crippen molar-refractivity contribution in [1.82, 2.24) is 15.3 Å². The predicted octanol–water partition coefficient (Wildman–Crippen LogP) is 3.50. The van der Waals surface area contributed by atoms with Crippen molar-refractivity contribution in [1.29, 1.82) is 0 Å². The number of pyridine rings is 2. The highest BCUT2D eigenvalue weighted by Gasteiger charge is 2.30. The number of nitrogens with two attached hydrogens (primary N) is 1. The van der Waals surface area contributed by atoms with E-state index < -0.39 is 11.4 Å². The fraction of sp³-hybridized carbons (Fsp3) is 0.333. The minimum Gasteiger partial charge on any atom is -0.491 e. The molecule has 0 aliphatic heterocycles. The minimum absolute atomic E-state index is 0.0371. The Hall–Kier alpha value is -3.68. The van der Waals surface area contributed by atoms with Gasteiger partial charge in [-0.2, -0.15) is 0 Å². The normalized spacial score (nSPS) is 11.4. The van der Waals surface area contributed by atoms with Crippen LogP contribution >= 0.6 is 0 Å². The van der Waals surface area contributed by atoms with Crippen LogP contribution in [0.25, 0.3) is 10.9 Å². The Kier molecular flexibility index (Phi) is 6.62. The highest BCUT2D eigenvalue weighted by Crippen LogP contribution is 2.37. The maximum atomic E-state index is 12.8. The number of nitrogen functional groups attached to an aromatic ring is 1. The number of anilines is 1. The van der Waals surface area contributed by atoms with Crippen LogP contribution in [0, 0.1) is 12.3 Å². The van der Waals surface area contributed by atoms with E-state index in [1.807, 2.05) is 31.2 Å². The number of nitrogens with zero attached hydrogens (tertiary/aromatic N) is 2. The summed E-state index contributed by atoms with van der Waals surface area (Å²) in [6.45, 7) is 7.63. The summed E-state index contributed by atoms with van der Waals surface area (Å²) < 4.78 is 6.15. The molecule has 4 N–H and O–H groups in total. The number of carboxylic acid groups (broad SMARTS) is 1. The monoisotopic (exact) mass is 436 g/mol.